The molecular weight excluding hydrogens is 989 g/mol. The summed E-state index contributed by atoms with van der Waals surface area (Å²) in [6, 6.07) is 15.2. The molecule has 14 nitrogen and oxygen atoms in total. The van der Waals surface area contributed by atoms with Gasteiger partial charge >= 0.3 is 11.9 Å². The number of ether oxygens (including phenoxy) is 3. The van der Waals surface area contributed by atoms with E-state index in [1.165, 1.54) is 6.08 Å². The number of aliphatic hydroxyl groups excluding tert-OH is 3. The Morgan fingerprint density at radius 1 is 0.872 bits per heavy atom. The molecule has 0 saturated heterocycles. The molecule has 10 rings (SSSR count). The molecule has 0 radical (unpaired) electrons. The zero-order chi connectivity index (χ0) is 54.9. The van der Waals surface area contributed by atoms with Crippen molar-refractivity contribution in [1.29, 1.82) is 0 Å². The number of anilines is 1. The fraction of sp³-hybridized carbons (Fsp3) is 0.609. The first-order valence-electron chi connectivity index (χ1n) is 29.3. The van der Waals surface area contributed by atoms with Crippen LogP contribution in [0.3, 0.4) is 0 Å². The van der Waals surface area contributed by atoms with Crippen molar-refractivity contribution >= 4 is 23.4 Å². The van der Waals surface area contributed by atoms with Crippen LogP contribution in [-0.2, 0) is 43.1 Å². The number of ketones is 1. The highest BCUT2D eigenvalue weighted by Gasteiger charge is 2.59. The summed E-state index contributed by atoms with van der Waals surface area (Å²) in [6.07, 6.45) is 8.27. The lowest BCUT2D eigenvalue weighted by Crippen LogP contribution is -2.63. The first-order valence-corrected chi connectivity index (χ1v) is 29.3. The van der Waals surface area contributed by atoms with E-state index in [2.05, 4.69) is 22.5 Å². The van der Waals surface area contributed by atoms with Crippen molar-refractivity contribution < 1.29 is 59.2 Å². The Morgan fingerprint density at radius 3 is 2.37 bits per heavy atom. The maximum Gasteiger partial charge on any atom is 0.334 e. The Kier molecular flexibility index (Phi) is 17.2. The Labute approximate surface area is 459 Å². The van der Waals surface area contributed by atoms with Crippen LogP contribution in [-0.4, -0.2) is 111 Å². The molecule has 0 amide bonds. The Balaban J connectivity index is 1.14. The number of hydrogen-bond acceptors (Lipinski definition) is 14. The van der Waals surface area contributed by atoms with Crippen LogP contribution in [0.1, 0.15) is 179 Å². The molecule has 420 valence electrons. The van der Waals surface area contributed by atoms with Gasteiger partial charge in [0.15, 0.2) is 0 Å². The highest BCUT2D eigenvalue weighted by molar-refractivity contribution is 5.89. The summed E-state index contributed by atoms with van der Waals surface area (Å²) in [5.74, 6) is 3.11. The number of nitrogens with one attached hydrogen (secondary N) is 2. The van der Waals surface area contributed by atoms with Crippen LogP contribution in [0.2, 0.25) is 0 Å². The summed E-state index contributed by atoms with van der Waals surface area (Å²) in [5, 5.41) is 79.8. The topological polar surface area (TPSA) is 224 Å². The number of phenolic OH excluding ortho intramolecular Hbond substituents is 1. The Hall–Kier alpha value is -5.11. The number of esters is 2. The number of aliphatic hydroxyl groups is 5. The minimum absolute atomic E-state index is 0.0361. The second-order valence-electron chi connectivity index (χ2n) is 24.3. The van der Waals surface area contributed by atoms with Crippen LogP contribution in [0.25, 0.3) is 0 Å². The van der Waals surface area contributed by atoms with E-state index in [9.17, 15) is 40.2 Å². The van der Waals surface area contributed by atoms with Gasteiger partial charge < -0.3 is 55.5 Å². The molecule has 78 heavy (non-hydrogen) atoms. The van der Waals surface area contributed by atoms with Gasteiger partial charge in [-0.25, -0.2) is 4.79 Å². The Morgan fingerprint density at radius 2 is 1.62 bits per heavy atom. The number of phenols is 1. The molecule has 4 aliphatic carbocycles. The third-order valence-electron chi connectivity index (χ3n) is 19.0. The lowest BCUT2D eigenvalue weighted by atomic mass is 9.53. The highest BCUT2D eigenvalue weighted by atomic mass is 16.6. The average Bonchev–Trinajstić information content (AvgIpc) is 4.07. The molecule has 3 heterocycles. The number of carbonyl (C=O) groups is 3. The number of aromatic hydroxyl groups is 1. The number of likely N-dealkylation sites (N-methyl/N-ethyl adjacent to an activating group) is 1. The minimum atomic E-state index is -1.65. The molecule has 0 spiro atoms. The van der Waals surface area contributed by atoms with Gasteiger partial charge in [0, 0.05) is 66.6 Å². The molecule has 3 aromatic rings. The summed E-state index contributed by atoms with van der Waals surface area (Å²) in [4.78, 5) is 43.7. The van der Waals surface area contributed by atoms with Crippen LogP contribution in [0.5, 0.6) is 11.5 Å². The van der Waals surface area contributed by atoms with Gasteiger partial charge in [-0.1, -0.05) is 87.6 Å². The van der Waals surface area contributed by atoms with Crippen molar-refractivity contribution in [1.82, 2.24) is 5.32 Å². The fourth-order valence-corrected chi connectivity index (χ4v) is 14.6. The van der Waals surface area contributed by atoms with Gasteiger partial charge in [-0.15, -0.1) is 0 Å². The van der Waals surface area contributed by atoms with Crippen LogP contribution >= 0.6 is 0 Å². The van der Waals surface area contributed by atoms with Gasteiger partial charge in [0.2, 0.25) is 0 Å². The van der Waals surface area contributed by atoms with E-state index in [4.69, 9.17) is 14.2 Å². The average molecular weight is 1070 g/mol. The quantitative estimate of drug-likeness (QED) is 0.0461. The zero-order valence-electron chi connectivity index (χ0n) is 45.8. The summed E-state index contributed by atoms with van der Waals surface area (Å²) >= 11 is 0. The number of rotatable bonds is 13. The second-order valence-corrected chi connectivity index (χ2v) is 24.3. The van der Waals surface area contributed by atoms with Gasteiger partial charge in [0.05, 0.1) is 37.3 Å². The molecule has 8 N–H and O–H groups in total. The number of fused-ring (bicyclic) bond motifs is 7. The smallest absolute Gasteiger partial charge is 0.334 e. The van der Waals surface area contributed by atoms with E-state index in [1.807, 2.05) is 49.4 Å². The highest BCUT2D eigenvalue weighted by Crippen LogP contribution is 2.56. The van der Waals surface area contributed by atoms with Crippen molar-refractivity contribution in [2.75, 3.05) is 32.1 Å². The largest absolute Gasteiger partial charge is 0.507 e. The van der Waals surface area contributed by atoms with E-state index in [0.29, 0.717) is 64.9 Å². The van der Waals surface area contributed by atoms with Crippen LogP contribution in [0, 0.1) is 35.5 Å². The minimum Gasteiger partial charge on any atom is -0.507 e. The van der Waals surface area contributed by atoms with E-state index < -0.39 is 65.3 Å². The summed E-state index contributed by atoms with van der Waals surface area (Å²) in [5.41, 5.74) is 1.81. The fourth-order valence-electron chi connectivity index (χ4n) is 14.6. The predicted molar refractivity (Wildman–Crippen MR) is 295 cm³/mol. The molecule has 4 saturated carbocycles. The molecule has 10 bridgehead atoms. The standard InChI is InChI=1S/C64H82N2O12/c1-4-46-19-20-50-52-25-38-12-10-11-37(23-38)24-48(67)30-45-26-40(42-27-43(55(69)34-65-3)29-47(28-42)66-36-63(2,74)56(70)35-76-49-15-8-9-16-49)17-18-41-33-58(71)78-61-51(41)31-44(60(72)59(61)39-13-6-5-7-14-39)32-57(77-62(45)73)64(46,75)53(50)21-22-54(52)68/h10-12,23,27-31,39-41,46,48-50,52-53,55-57,65-67,69-70,72,74-75H,4-9,13-16,19-22,24-26,32-36H2,1-3H3/b45-30-/t40-,41-,46+,48+,50-,52+,53+,55+,56-,57-,63-,64+/m1/s1. The number of hydrogen-bond donors (Lipinski definition) is 8. The van der Waals surface area contributed by atoms with Gasteiger partial charge in [-0.3, -0.25) is 9.59 Å². The maximum absolute atomic E-state index is 15.7. The molecule has 0 unspecified atom stereocenters. The predicted octanol–water partition coefficient (Wildman–Crippen LogP) is 8.06. The van der Waals surface area contributed by atoms with Gasteiger partial charge in [-0.05, 0) is 148 Å². The molecule has 0 aromatic heterocycles. The molecule has 7 aliphatic rings. The van der Waals surface area contributed by atoms with E-state index in [-0.39, 0.29) is 98.7 Å². The normalized spacial score (nSPS) is 31.0. The van der Waals surface area contributed by atoms with Crippen molar-refractivity contribution in [3.8, 4) is 23.3 Å². The molecule has 4 fully saturated rings. The number of Topliss-reactive ketones (excluding diaryl/α,β-unsaturated/α-hetero) is 1. The summed E-state index contributed by atoms with van der Waals surface area (Å²) < 4.78 is 19.1. The van der Waals surface area contributed by atoms with E-state index >= 15 is 4.79 Å². The first-order chi connectivity index (χ1) is 37.5. The summed E-state index contributed by atoms with van der Waals surface area (Å²) in [7, 11) is 1.73. The summed E-state index contributed by atoms with van der Waals surface area (Å²) in [6.45, 7) is 3.65. The van der Waals surface area contributed by atoms with Crippen molar-refractivity contribution in [2.45, 2.75) is 195 Å². The lowest BCUT2D eigenvalue weighted by molar-refractivity contribution is -0.212. The van der Waals surface area contributed by atoms with Gasteiger partial charge in [0.1, 0.15) is 40.7 Å². The van der Waals surface area contributed by atoms with Crippen molar-refractivity contribution in [2.24, 2.45) is 23.7 Å². The van der Waals surface area contributed by atoms with E-state index in [0.717, 1.165) is 75.3 Å². The second kappa shape index (κ2) is 23.9. The van der Waals surface area contributed by atoms with Crippen molar-refractivity contribution in [3.05, 3.63) is 99.1 Å². The molecular formula is C64H82N2O12. The van der Waals surface area contributed by atoms with E-state index in [1.54, 1.807) is 20.0 Å². The van der Waals surface area contributed by atoms with Gasteiger partial charge in [0.25, 0.3) is 0 Å². The van der Waals surface area contributed by atoms with Crippen LogP contribution in [0.15, 0.2) is 60.2 Å². The van der Waals surface area contributed by atoms with Crippen LogP contribution in [0.4, 0.5) is 5.69 Å². The van der Waals surface area contributed by atoms with Crippen LogP contribution < -0.4 is 15.4 Å². The monoisotopic (exact) mass is 1070 g/mol. The maximum atomic E-state index is 15.7. The third-order valence-corrected chi connectivity index (χ3v) is 19.0. The Bertz CT molecular complexity index is 2780. The lowest BCUT2D eigenvalue weighted by Gasteiger charge is -2.56. The SMILES string of the molecule is CC[C@H]1CC[C@@H]2[C@@H]3Cc4cccc(c4)C[C@H](O)/C=C4/C[C@H](c5cc(NC[C@@](C)(O)[C@H](O)COC6CCCC6)cc([C@@H](O)CNC)c5)C#C[C@@H]5CC(=O)Oc6c5cc(c(O)c6C5CCCCC5)C[C@@H](OC4=O)[C@@]1(O)[C@H]2CCC3=O. The number of benzene rings is 3. The third kappa shape index (κ3) is 11.9. The molecule has 3 aromatic carbocycles. The molecule has 12 atom stereocenters. The molecule has 14 heteroatoms. The molecule has 3 aliphatic heterocycles. The number of carbonyl (C=O) groups excluding carboxylic acids is 3. The first kappa shape index (κ1) is 56.2. The van der Waals surface area contributed by atoms with Gasteiger partial charge in [-0.2, -0.15) is 0 Å². The zero-order valence-corrected chi connectivity index (χ0v) is 45.8. The van der Waals surface area contributed by atoms with Crippen molar-refractivity contribution in [3.63, 3.8) is 0 Å².